The van der Waals surface area contributed by atoms with E-state index in [1.165, 1.54) is 12.7 Å². The van der Waals surface area contributed by atoms with Crippen LogP contribution in [-0.2, 0) is 22.6 Å². The maximum absolute atomic E-state index is 10.9. The minimum Gasteiger partial charge on any atom is -0.469 e. The van der Waals surface area contributed by atoms with Gasteiger partial charge in [0.05, 0.1) is 13.3 Å². The first-order valence-corrected chi connectivity index (χ1v) is 5.92. The number of ether oxygens (including phenoxy) is 1. The molecule has 0 unspecified atom stereocenters. The highest BCUT2D eigenvalue weighted by Crippen LogP contribution is 2.03. The van der Waals surface area contributed by atoms with Crippen molar-refractivity contribution in [3.05, 3.63) is 18.0 Å². The Balaban J connectivity index is 2.24. The fourth-order valence-corrected chi connectivity index (χ4v) is 1.65. The topological polar surface area (TPSA) is 47.4 Å². The predicted octanol–water partition coefficient (Wildman–Crippen LogP) is 1.29. The van der Waals surface area contributed by atoms with Crippen molar-refractivity contribution in [1.29, 1.82) is 0 Å². The summed E-state index contributed by atoms with van der Waals surface area (Å²) < 4.78 is 6.51. The molecule has 1 aromatic rings. The molecule has 96 valence electrons. The van der Waals surface area contributed by atoms with E-state index < -0.39 is 0 Å². The van der Waals surface area contributed by atoms with Crippen LogP contribution in [0, 0.1) is 0 Å². The van der Waals surface area contributed by atoms with Crippen molar-refractivity contribution in [3.8, 4) is 0 Å². The summed E-state index contributed by atoms with van der Waals surface area (Å²) in [5.74, 6) is -0.141. The van der Waals surface area contributed by atoms with Crippen molar-refractivity contribution in [1.82, 2.24) is 14.7 Å². The van der Waals surface area contributed by atoms with E-state index in [9.17, 15) is 4.79 Å². The number of rotatable bonds is 7. The Hall–Kier alpha value is -1.36. The quantitative estimate of drug-likeness (QED) is 0.673. The highest BCUT2D eigenvalue weighted by Gasteiger charge is 2.05. The van der Waals surface area contributed by atoms with E-state index in [4.69, 9.17) is 0 Å². The second-order valence-electron chi connectivity index (χ2n) is 4.12. The summed E-state index contributed by atoms with van der Waals surface area (Å²) in [5, 5.41) is 4.23. The molecule has 0 fully saturated rings. The van der Waals surface area contributed by atoms with Crippen molar-refractivity contribution in [2.45, 2.75) is 32.9 Å². The lowest BCUT2D eigenvalue weighted by Gasteiger charge is -2.14. The number of esters is 1. The first-order valence-electron chi connectivity index (χ1n) is 5.92. The number of carbonyl (C=O) groups excluding carboxylic acids is 1. The van der Waals surface area contributed by atoms with Crippen LogP contribution in [0.25, 0.3) is 0 Å². The molecular formula is C12H21N3O2. The molecule has 0 saturated heterocycles. The van der Waals surface area contributed by atoms with Gasteiger partial charge >= 0.3 is 5.97 Å². The van der Waals surface area contributed by atoms with Gasteiger partial charge in [0.25, 0.3) is 0 Å². The molecule has 5 nitrogen and oxygen atoms in total. The number of carbonyl (C=O) groups is 1. The Kier molecular flexibility index (Phi) is 5.69. The summed E-state index contributed by atoms with van der Waals surface area (Å²) in [7, 11) is 3.46. The monoisotopic (exact) mass is 239 g/mol. The van der Waals surface area contributed by atoms with Gasteiger partial charge in [0.1, 0.15) is 0 Å². The van der Waals surface area contributed by atoms with Gasteiger partial charge in [0, 0.05) is 31.3 Å². The Morgan fingerprint density at radius 2 is 2.35 bits per heavy atom. The van der Waals surface area contributed by atoms with Gasteiger partial charge in [-0.25, -0.2) is 0 Å². The van der Waals surface area contributed by atoms with Crippen LogP contribution < -0.4 is 0 Å². The summed E-state index contributed by atoms with van der Waals surface area (Å²) >= 11 is 0. The largest absolute Gasteiger partial charge is 0.469 e. The van der Waals surface area contributed by atoms with Crippen molar-refractivity contribution < 1.29 is 9.53 Å². The summed E-state index contributed by atoms with van der Waals surface area (Å²) in [4.78, 5) is 13.1. The van der Waals surface area contributed by atoms with Gasteiger partial charge < -0.3 is 9.64 Å². The van der Waals surface area contributed by atoms with Crippen LogP contribution in [-0.4, -0.2) is 41.4 Å². The number of nitrogens with zero attached hydrogens (tertiary/aromatic N) is 3. The number of hydrogen-bond acceptors (Lipinski definition) is 4. The fourth-order valence-electron chi connectivity index (χ4n) is 1.65. The van der Waals surface area contributed by atoms with E-state index in [1.807, 2.05) is 17.9 Å². The SMILES string of the molecule is CCn1cc(CN(C)CCCC(=O)OC)cn1. The maximum Gasteiger partial charge on any atom is 0.305 e. The summed E-state index contributed by atoms with van der Waals surface area (Å²) in [6, 6.07) is 0. The van der Waals surface area contributed by atoms with Gasteiger partial charge in [0.15, 0.2) is 0 Å². The lowest BCUT2D eigenvalue weighted by Crippen LogP contribution is -2.19. The third-order valence-electron chi connectivity index (χ3n) is 2.61. The van der Waals surface area contributed by atoms with Crippen molar-refractivity contribution >= 4 is 5.97 Å². The van der Waals surface area contributed by atoms with Crippen molar-refractivity contribution in [3.63, 3.8) is 0 Å². The molecule has 1 heterocycles. The molecule has 0 aliphatic heterocycles. The number of hydrogen-bond donors (Lipinski definition) is 0. The second kappa shape index (κ2) is 7.06. The summed E-state index contributed by atoms with van der Waals surface area (Å²) in [6.07, 6.45) is 5.25. The van der Waals surface area contributed by atoms with E-state index in [0.717, 1.165) is 26.1 Å². The van der Waals surface area contributed by atoms with E-state index in [0.29, 0.717) is 6.42 Å². The van der Waals surface area contributed by atoms with Gasteiger partial charge in [0.2, 0.25) is 0 Å². The van der Waals surface area contributed by atoms with Crippen LogP contribution >= 0.6 is 0 Å². The van der Waals surface area contributed by atoms with Crippen LogP contribution in [0.3, 0.4) is 0 Å². The lowest BCUT2D eigenvalue weighted by molar-refractivity contribution is -0.140. The minimum atomic E-state index is -0.141. The molecular weight excluding hydrogens is 218 g/mol. The molecule has 0 aliphatic rings. The third-order valence-corrected chi connectivity index (χ3v) is 2.61. The highest BCUT2D eigenvalue weighted by atomic mass is 16.5. The van der Waals surface area contributed by atoms with E-state index in [1.54, 1.807) is 0 Å². The Bertz CT molecular complexity index is 349. The van der Waals surface area contributed by atoms with Crippen LogP contribution in [0.2, 0.25) is 0 Å². The third kappa shape index (κ3) is 4.99. The molecule has 1 rings (SSSR count). The summed E-state index contributed by atoms with van der Waals surface area (Å²) in [5.41, 5.74) is 1.20. The predicted molar refractivity (Wildman–Crippen MR) is 65.5 cm³/mol. The highest BCUT2D eigenvalue weighted by molar-refractivity contribution is 5.69. The smallest absolute Gasteiger partial charge is 0.305 e. The molecule has 0 aliphatic carbocycles. The zero-order chi connectivity index (χ0) is 12.7. The van der Waals surface area contributed by atoms with Crippen LogP contribution in [0.5, 0.6) is 0 Å². The Labute approximate surface area is 102 Å². The normalized spacial score (nSPS) is 10.8. The summed E-state index contributed by atoms with van der Waals surface area (Å²) in [6.45, 7) is 4.70. The van der Waals surface area contributed by atoms with Gasteiger partial charge in [-0.1, -0.05) is 0 Å². The van der Waals surface area contributed by atoms with Gasteiger partial charge in [-0.05, 0) is 26.9 Å². The van der Waals surface area contributed by atoms with E-state index in [2.05, 4.69) is 27.9 Å². The minimum absolute atomic E-state index is 0.141. The fraction of sp³-hybridized carbons (Fsp3) is 0.667. The first kappa shape index (κ1) is 13.7. The van der Waals surface area contributed by atoms with Crippen LogP contribution in [0.1, 0.15) is 25.3 Å². The zero-order valence-electron chi connectivity index (χ0n) is 10.8. The maximum atomic E-state index is 10.9. The molecule has 0 N–H and O–H groups in total. The number of aryl methyl sites for hydroxylation is 1. The van der Waals surface area contributed by atoms with E-state index >= 15 is 0 Å². The average molecular weight is 239 g/mol. The van der Waals surface area contributed by atoms with Gasteiger partial charge in [-0.3, -0.25) is 9.48 Å². The first-order chi connectivity index (χ1) is 8.15. The standard InChI is InChI=1S/C12H21N3O2/c1-4-15-10-11(8-13-15)9-14(2)7-5-6-12(16)17-3/h8,10H,4-7,9H2,1-3H3. The average Bonchev–Trinajstić information content (AvgIpc) is 2.76. The Morgan fingerprint density at radius 3 is 2.94 bits per heavy atom. The molecule has 0 bridgehead atoms. The van der Waals surface area contributed by atoms with Crippen LogP contribution in [0.4, 0.5) is 0 Å². The number of methoxy groups -OCH3 is 1. The van der Waals surface area contributed by atoms with Gasteiger partial charge in [-0.15, -0.1) is 0 Å². The van der Waals surface area contributed by atoms with Gasteiger partial charge in [-0.2, -0.15) is 5.10 Å². The Morgan fingerprint density at radius 1 is 1.59 bits per heavy atom. The molecule has 0 spiro atoms. The second-order valence-corrected chi connectivity index (χ2v) is 4.12. The molecule has 1 aromatic heterocycles. The van der Waals surface area contributed by atoms with Crippen molar-refractivity contribution in [2.75, 3.05) is 20.7 Å². The van der Waals surface area contributed by atoms with Crippen LogP contribution in [0.15, 0.2) is 12.4 Å². The molecule has 0 amide bonds. The molecule has 0 radical (unpaired) electrons. The van der Waals surface area contributed by atoms with Crippen molar-refractivity contribution in [2.24, 2.45) is 0 Å². The molecule has 0 saturated carbocycles. The number of aromatic nitrogens is 2. The molecule has 17 heavy (non-hydrogen) atoms. The zero-order valence-corrected chi connectivity index (χ0v) is 10.8. The van der Waals surface area contributed by atoms with E-state index in [-0.39, 0.29) is 5.97 Å². The lowest BCUT2D eigenvalue weighted by atomic mass is 10.2. The molecule has 5 heteroatoms. The molecule has 0 aromatic carbocycles. The molecule has 0 atom stereocenters.